The van der Waals surface area contributed by atoms with Gasteiger partial charge in [-0.25, -0.2) is 36.4 Å². The van der Waals surface area contributed by atoms with Crippen molar-refractivity contribution >= 4 is 76.5 Å². The molecule has 6 aromatic rings. The van der Waals surface area contributed by atoms with Crippen molar-refractivity contribution < 1.29 is 45.7 Å². The lowest BCUT2D eigenvalue weighted by atomic mass is 10.1. The summed E-state index contributed by atoms with van der Waals surface area (Å²) in [4.78, 5) is 36.7. The second kappa shape index (κ2) is 17.9. The SMILES string of the molecule is COC(=O)[C@H]1CCCN1c1ncc(NS(=O)(=O)c2ccc(OC)cc2)c2ccccc12.COc1ccc(S(=O)(=O)Nc2cnc(N3CCC[C@@H]3C(=O)O)c3ccccc23)cc1. The zero-order chi connectivity index (χ0) is 43.3. The van der Waals surface area contributed by atoms with Crippen LogP contribution in [0.4, 0.5) is 23.0 Å². The Hall–Kier alpha value is -6.66. The van der Waals surface area contributed by atoms with Crippen LogP contribution in [0.5, 0.6) is 11.5 Å². The number of methoxy groups -OCH3 is 3. The van der Waals surface area contributed by atoms with Crippen LogP contribution in [-0.4, -0.2) is 90.4 Å². The van der Waals surface area contributed by atoms with Gasteiger partial charge in [0.25, 0.3) is 20.0 Å². The zero-order valence-corrected chi connectivity index (χ0v) is 35.1. The van der Waals surface area contributed by atoms with Crippen LogP contribution in [0, 0.1) is 0 Å². The largest absolute Gasteiger partial charge is 0.497 e. The Labute approximate surface area is 353 Å². The van der Waals surface area contributed by atoms with Crippen LogP contribution in [0.2, 0.25) is 0 Å². The van der Waals surface area contributed by atoms with Crippen molar-refractivity contribution in [3.63, 3.8) is 0 Å². The van der Waals surface area contributed by atoms with Crippen molar-refractivity contribution in [1.82, 2.24) is 9.97 Å². The van der Waals surface area contributed by atoms with Gasteiger partial charge in [0.2, 0.25) is 0 Å². The smallest absolute Gasteiger partial charge is 0.328 e. The number of carboxylic acids is 1. The van der Waals surface area contributed by atoms with E-state index in [1.165, 1.54) is 58.0 Å². The zero-order valence-electron chi connectivity index (χ0n) is 33.5. The normalized spacial score (nSPS) is 16.4. The summed E-state index contributed by atoms with van der Waals surface area (Å²) in [6.07, 6.45) is 5.79. The molecule has 0 aliphatic carbocycles. The van der Waals surface area contributed by atoms with Crippen LogP contribution in [0.15, 0.2) is 119 Å². The van der Waals surface area contributed by atoms with E-state index in [4.69, 9.17) is 14.2 Å². The molecule has 4 heterocycles. The van der Waals surface area contributed by atoms with Gasteiger partial charge in [0.1, 0.15) is 35.2 Å². The highest BCUT2D eigenvalue weighted by molar-refractivity contribution is 7.93. The molecule has 61 heavy (non-hydrogen) atoms. The van der Waals surface area contributed by atoms with E-state index < -0.39 is 38.1 Å². The molecule has 2 aromatic heterocycles. The number of anilines is 4. The maximum absolute atomic E-state index is 12.9. The number of fused-ring (bicyclic) bond motifs is 2. The predicted molar refractivity (Wildman–Crippen MR) is 231 cm³/mol. The monoisotopic (exact) mass is 868 g/mol. The molecule has 0 radical (unpaired) electrons. The minimum Gasteiger partial charge on any atom is -0.497 e. The second-order valence-corrected chi connectivity index (χ2v) is 17.6. The van der Waals surface area contributed by atoms with Crippen LogP contribution < -0.4 is 28.7 Å². The first kappa shape index (κ1) is 42.5. The minimum atomic E-state index is -3.84. The topological polar surface area (TPSA) is 207 Å². The van der Waals surface area contributed by atoms with E-state index in [0.717, 1.165) is 18.2 Å². The van der Waals surface area contributed by atoms with Gasteiger partial charge in [0, 0.05) is 34.6 Å². The number of carbonyl (C=O) groups excluding carboxylic acids is 1. The summed E-state index contributed by atoms with van der Waals surface area (Å²) in [5.74, 6) is 1.12. The van der Waals surface area contributed by atoms with Crippen LogP contribution in [0.1, 0.15) is 25.7 Å². The molecule has 0 bridgehead atoms. The number of aromatic nitrogens is 2. The molecule has 0 spiro atoms. The van der Waals surface area contributed by atoms with Crippen LogP contribution in [0.3, 0.4) is 0 Å². The van der Waals surface area contributed by atoms with E-state index in [9.17, 15) is 31.5 Å². The van der Waals surface area contributed by atoms with Crippen molar-refractivity contribution in [3.8, 4) is 11.5 Å². The number of rotatable bonds is 12. The molecular weight excluding hydrogens is 825 g/mol. The summed E-state index contributed by atoms with van der Waals surface area (Å²) >= 11 is 0. The van der Waals surface area contributed by atoms with Crippen molar-refractivity contribution in [1.29, 1.82) is 0 Å². The summed E-state index contributed by atoms with van der Waals surface area (Å²) in [5, 5.41) is 12.3. The third kappa shape index (κ3) is 8.95. The van der Waals surface area contributed by atoms with E-state index in [1.807, 2.05) is 41.3 Å². The number of benzene rings is 4. The number of sulfonamides is 2. The minimum absolute atomic E-state index is 0.0990. The predicted octanol–water partition coefficient (Wildman–Crippen LogP) is 6.28. The van der Waals surface area contributed by atoms with Gasteiger partial charge in [-0.15, -0.1) is 0 Å². The van der Waals surface area contributed by atoms with E-state index in [-0.39, 0.29) is 15.8 Å². The quantitative estimate of drug-likeness (QED) is 0.116. The van der Waals surface area contributed by atoms with E-state index >= 15 is 0 Å². The average molecular weight is 869 g/mol. The van der Waals surface area contributed by atoms with Gasteiger partial charge in [-0.2, -0.15) is 0 Å². The molecule has 3 N–H and O–H groups in total. The highest BCUT2D eigenvalue weighted by atomic mass is 32.2. The van der Waals surface area contributed by atoms with Crippen molar-refractivity contribution in [2.45, 2.75) is 47.6 Å². The highest BCUT2D eigenvalue weighted by Crippen LogP contribution is 2.37. The van der Waals surface area contributed by atoms with Crippen molar-refractivity contribution in [2.24, 2.45) is 0 Å². The first-order valence-electron chi connectivity index (χ1n) is 19.3. The molecule has 8 rings (SSSR count). The first-order valence-corrected chi connectivity index (χ1v) is 22.2. The fourth-order valence-corrected chi connectivity index (χ4v) is 9.70. The van der Waals surface area contributed by atoms with E-state index in [1.54, 1.807) is 41.3 Å². The summed E-state index contributed by atoms with van der Waals surface area (Å²) in [6, 6.07) is 25.8. The highest BCUT2D eigenvalue weighted by Gasteiger charge is 2.34. The Morgan fingerprint density at radius 1 is 0.607 bits per heavy atom. The Balaban J connectivity index is 0.000000184. The summed E-state index contributed by atoms with van der Waals surface area (Å²) in [5.41, 5.74) is 0.695. The average Bonchev–Trinajstić information content (AvgIpc) is 3.98. The third-order valence-electron chi connectivity index (χ3n) is 10.6. The molecular formula is C43H44N6O10S2. The number of pyridine rings is 2. The van der Waals surface area contributed by atoms with Gasteiger partial charge >= 0.3 is 11.9 Å². The van der Waals surface area contributed by atoms with Gasteiger partial charge in [-0.05, 0) is 74.2 Å². The van der Waals surface area contributed by atoms with Gasteiger partial charge < -0.3 is 29.1 Å². The molecule has 2 aliphatic heterocycles. The number of hydrogen-bond acceptors (Lipinski definition) is 13. The number of hydrogen-bond donors (Lipinski definition) is 3. The molecule has 2 saturated heterocycles. The van der Waals surface area contributed by atoms with Crippen LogP contribution in [-0.2, 0) is 34.4 Å². The van der Waals surface area contributed by atoms with Crippen molar-refractivity contribution in [2.75, 3.05) is 53.7 Å². The number of esters is 1. The van der Waals surface area contributed by atoms with E-state index in [0.29, 0.717) is 76.6 Å². The lowest BCUT2D eigenvalue weighted by molar-refractivity contribution is -0.142. The Bertz CT molecular complexity index is 2790. The molecule has 0 amide bonds. The molecule has 18 heteroatoms. The molecule has 2 atom stereocenters. The molecule has 0 saturated carbocycles. The van der Waals surface area contributed by atoms with Crippen LogP contribution in [0.25, 0.3) is 21.5 Å². The molecule has 2 aliphatic rings. The number of nitrogens with zero attached hydrogens (tertiary/aromatic N) is 4. The van der Waals surface area contributed by atoms with Crippen LogP contribution >= 0.6 is 0 Å². The molecule has 0 unspecified atom stereocenters. The molecule has 2 fully saturated rings. The van der Waals surface area contributed by atoms with Crippen molar-refractivity contribution in [3.05, 3.63) is 109 Å². The summed E-state index contributed by atoms with van der Waals surface area (Å²) in [6.45, 7) is 1.26. The Kier molecular flexibility index (Phi) is 12.5. The van der Waals surface area contributed by atoms with Gasteiger partial charge in [0.05, 0.1) is 54.9 Å². The number of ether oxygens (including phenoxy) is 3. The van der Waals surface area contributed by atoms with Gasteiger partial charge in [-0.3, -0.25) is 9.44 Å². The standard InChI is InChI=1S/C22H23N3O5S.C21H21N3O5S/c1-29-15-9-11-16(12-10-15)31(27,28)24-19-14-23-21(18-7-4-3-6-17(18)19)25-13-5-8-20(25)22(26)30-2;1-29-14-8-10-15(11-9-14)30(27,28)23-18-13-22-20(17-6-3-2-5-16(17)18)24-12-4-7-19(24)21(25)26/h3-4,6-7,9-12,14,20,24H,5,8,13H2,1-2H3;2-3,5-6,8-11,13,19,23H,4,7,12H2,1H3,(H,25,26)/t20-;19-/m11/s1. The Morgan fingerprint density at radius 2 is 1.00 bits per heavy atom. The molecule has 4 aromatic carbocycles. The molecule has 16 nitrogen and oxygen atoms in total. The summed E-state index contributed by atoms with van der Waals surface area (Å²) < 4.78 is 71.9. The van der Waals surface area contributed by atoms with Gasteiger partial charge in [-0.1, -0.05) is 48.5 Å². The Morgan fingerprint density at radius 3 is 1.39 bits per heavy atom. The number of nitrogens with one attached hydrogen (secondary N) is 2. The number of carboxylic acid groups (broad SMARTS) is 1. The van der Waals surface area contributed by atoms with Gasteiger partial charge in [0.15, 0.2) is 0 Å². The lowest BCUT2D eigenvalue weighted by Crippen LogP contribution is -2.37. The van der Waals surface area contributed by atoms with E-state index in [2.05, 4.69) is 19.4 Å². The second-order valence-electron chi connectivity index (χ2n) is 14.2. The fourth-order valence-electron chi connectivity index (χ4n) is 7.57. The maximum Gasteiger partial charge on any atom is 0.328 e. The first-order chi connectivity index (χ1) is 29.3. The summed E-state index contributed by atoms with van der Waals surface area (Å²) in [7, 11) is -3.26. The molecule has 318 valence electrons. The fraction of sp³-hybridized carbons (Fsp3) is 0.256. The lowest BCUT2D eigenvalue weighted by Gasteiger charge is -2.25. The number of carbonyl (C=O) groups is 2. The maximum atomic E-state index is 12.9. The number of aliphatic carboxylic acids is 1. The third-order valence-corrected chi connectivity index (χ3v) is 13.3.